The van der Waals surface area contributed by atoms with Gasteiger partial charge < -0.3 is 18.9 Å². The van der Waals surface area contributed by atoms with Gasteiger partial charge in [-0.05, 0) is 52.0 Å². The lowest BCUT2D eigenvalue weighted by Crippen LogP contribution is -2.51. The monoisotopic (exact) mass is 436 g/mol. The molecule has 1 fully saturated rings. The smallest absolute Gasteiger partial charge is 0.334 e. The summed E-state index contributed by atoms with van der Waals surface area (Å²) in [6, 6.07) is 0. The first-order chi connectivity index (χ1) is 14.4. The van der Waals surface area contributed by atoms with E-state index in [0.29, 0.717) is 12.0 Å². The lowest BCUT2D eigenvalue weighted by Gasteiger charge is -2.39. The fourth-order valence-electron chi connectivity index (χ4n) is 4.33. The van der Waals surface area contributed by atoms with Gasteiger partial charge in [0.1, 0.15) is 18.3 Å². The summed E-state index contributed by atoms with van der Waals surface area (Å²) in [6.07, 6.45) is 2.52. The number of esters is 3. The minimum Gasteiger partial charge on any atom is -0.459 e. The molecule has 7 nitrogen and oxygen atoms in total. The topological polar surface area (TPSA) is 91.4 Å². The zero-order chi connectivity index (χ0) is 23.5. The largest absolute Gasteiger partial charge is 0.459 e. The molecule has 0 bridgehead atoms. The molecule has 2 aliphatic rings. The fraction of sp³-hybridized carbons (Fsp3) is 0.708. The van der Waals surface area contributed by atoms with Gasteiger partial charge in [0.2, 0.25) is 0 Å². The molecule has 1 saturated heterocycles. The zero-order valence-corrected chi connectivity index (χ0v) is 19.9. The van der Waals surface area contributed by atoms with Gasteiger partial charge in [-0.2, -0.15) is 0 Å². The lowest BCUT2D eigenvalue weighted by atomic mass is 9.77. The van der Waals surface area contributed by atoms with Crippen molar-refractivity contribution < 1.29 is 33.3 Å². The third kappa shape index (κ3) is 5.97. The van der Waals surface area contributed by atoms with E-state index in [1.807, 2.05) is 33.8 Å². The maximum atomic E-state index is 12.7. The zero-order valence-electron chi connectivity index (χ0n) is 19.9. The number of hydrogen-bond acceptors (Lipinski definition) is 7. The predicted molar refractivity (Wildman–Crippen MR) is 115 cm³/mol. The minimum atomic E-state index is -0.835. The Hall–Kier alpha value is -2.15. The summed E-state index contributed by atoms with van der Waals surface area (Å²) in [4.78, 5) is 36.8. The van der Waals surface area contributed by atoms with Crippen molar-refractivity contribution in [2.75, 3.05) is 0 Å². The number of ether oxygens (including phenoxy) is 4. The molecule has 0 saturated carbocycles. The van der Waals surface area contributed by atoms with Crippen LogP contribution >= 0.6 is 0 Å². The highest BCUT2D eigenvalue weighted by atomic mass is 16.6. The molecule has 31 heavy (non-hydrogen) atoms. The standard InChI is InChI=1S/C24H36O7/c1-9-14(4)23(27)30-19-15(5)11-10-12-24(8)22(31-24)21(29-17(7)26)18(13(2)3)20(19)28-16(6)25/h9,11,13,18-22H,10,12H2,1-8H3/b14-9+,15-11+/t18-,19-,20-,21-,22-,24+/m0/s1. The second-order valence-corrected chi connectivity index (χ2v) is 9.10. The molecule has 0 radical (unpaired) electrons. The van der Waals surface area contributed by atoms with E-state index in [1.54, 1.807) is 19.9 Å². The molecular weight excluding hydrogens is 400 g/mol. The van der Waals surface area contributed by atoms with Crippen LogP contribution in [0.15, 0.2) is 23.3 Å². The van der Waals surface area contributed by atoms with Crippen LogP contribution in [0, 0.1) is 11.8 Å². The number of epoxide rings is 1. The molecule has 0 aromatic carbocycles. The quantitative estimate of drug-likeness (QED) is 0.212. The van der Waals surface area contributed by atoms with Crippen LogP contribution in [0.3, 0.4) is 0 Å². The van der Waals surface area contributed by atoms with Crippen LogP contribution in [0.4, 0.5) is 0 Å². The first kappa shape index (κ1) is 25.1. The number of allylic oxidation sites excluding steroid dienone is 2. The van der Waals surface area contributed by atoms with Crippen LogP contribution in [0.2, 0.25) is 0 Å². The van der Waals surface area contributed by atoms with Crippen LogP contribution < -0.4 is 0 Å². The van der Waals surface area contributed by atoms with Crippen molar-refractivity contribution in [3.05, 3.63) is 23.3 Å². The Morgan fingerprint density at radius 2 is 1.68 bits per heavy atom. The highest BCUT2D eigenvalue weighted by molar-refractivity contribution is 5.88. The van der Waals surface area contributed by atoms with E-state index in [-0.39, 0.29) is 12.0 Å². The Kier molecular flexibility index (Phi) is 8.09. The number of fused-ring (bicyclic) bond motifs is 1. The van der Waals surface area contributed by atoms with Gasteiger partial charge in [0.15, 0.2) is 6.10 Å². The fourth-order valence-corrected chi connectivity index (χ4v) is 4.33. The summed E-state index contributed by atoms with van der Waals surface area (Å²) in [5.41, 5.74) is 0.830. The highest BCUT2D eigenvalue weighted by Gasteiger charge is 2.61. The van der Waals surface area contributed by atoms with Crippen LogP contribution in [0.1, 0.15) is 68.2 Å². The van der Waals surface area contributed by atoms with E-state index >= 15 is 0 Å². The van der Waals surface area contributed by atoms with Crippen molar-refractivity contribution >= 4 is 17.9 Å². The van der Waals surface area contributed by atoms with Crippen LogP contribution in [0.5, 0.6) is 0 Å². The molecule has 1 aliphatic carbocycles. The van der Waals surface area contributed by atoms with E-state index in [2.05, 4.69) is 0 Å². The maximum absolute atomic E-state index is 12.7. The van der Waals surface area contributed by atoms with Crippen molar-refractivity contribution in [2.24, 2.45) is 11.8 Å². The Morgan fingerprint density at radius 1 is 1.10 bits per heavy atom. The van der Waals surface area contributed by atoms with Crippen molar-refractivity contribution in [3.8, 4) is 0 Å². The third-order valence-corrected chi connectivity index (χ3v) is 6.22. The molecule has 0 aromatic rings. The molecular formula is C24H36O7. The molecule has 0 spiro atoms. The van der Waals surface area contributed by atoms with E-state index in [4.69, 9.17) is 18.9 Å². The highest BCUT2D eigenvalue weighted by Crippen LogP contribution is 2.48. The molecule has 174 valence electrons. The van der Waals surface area contributed by atoms with Gasteiger partial charge >= 0.3 is 17.9 Å². The lowest BCUT2D eigenvalue weighted by molar-refractivity contribution is -0.178. The summed E-state index contributed by atoms with van der Waals surface area (Å²) < 4.78 is 23.4. The molecule has 0 amide bonds. The average Bonchev–Trinajstić information content (AvgIpc) is 3.33. The third-order valence-electron chi connectivity index (χ3n) is 6.22. The van der Waals surface area contributed by atoms with Gasteiger partial charge in [0.25, 0.3) is 0 Å². The average molecular weight is 437 g/mol. The van der Waals surface area contributed by atoms with Gasteiger partial charge in [-0.3, -0.25) is 9.59 Å². The number of carbonyl (C=O) groups is 3. The van der Waals surface area contributed by atoms with Crippen LogP contribution in [0.25, 0.3) is 0 Å². The van der Waals surface area contributed by atoms with Crippen LogP contribution in [-0.2, 0) is 33.3 Å². The summed E-state index contributed by atoms with van der Waals surface area (Å²) >= 11 is 0. The number of carbonyl (C=O) groups excluding carboxylic acids is 3. The summed E-state index contributed by atoms with van der Waals surface area (Å²) in [5, 5.41) is 0. The first-order valence-electron chi connectivity index (χ1n) is 10.9. The van der Waals surface area contributed by atoms with Crippen molar-refractivity contribution in [3.63, 3.8) is 0 Å². The van der Waals surface area contributed by atoms with Gasteiger partial charge in [-0.25, -0.2) is 4.79 Å². The number of hydrogen-bond donors (Lipinski definition) is 0. The Balaban J connectivity index is 2.60. The second-order valence-electron chi connectivity index (χ2n) is 9.10. The van der Waals surface area contributed by atoms with E-state index < -0.39 is 47.7 Å². The molecule has 1 aliphatic heterocycles. The molecule has 6 atom stereocenters. The summed E-state index contributed by atoms with van der Waals surface area (Å²) in [5.74, 6) is -1.90. The second kappa shape index (κ2) is 9.98. The van der Waals surface area contributed by atoms with Crippen LogP contribution in [-0.4, -0.2) is 47.9 Å². The van der Waals surface area contributed by atoms with Gasteiger partial charge in [-0.15, -0.1) is 0 Å². The van der Waals surface area contributed by atoms with Gasteiger partial charge in [0, 0.05) is 25.3 Å². The Labute approximate surface area is 185 Å². The van der Waals surface area contributed by atoms with Gasteiger partial charge in [-0.1, -0.05) is 26.0 Å². The Bertz CT molecular complexity index is 766. The molecule has 7 heteroatoms. The maximum Gasteiger partial charge on any atom is 0.334 e. The molecule has 0 N–H and O–H groups in total. The first-order valence-corrected chi connectivity index (χ1v) is 10.9. The normalized spacial score (nSPS) is 35.3. The van der Waals surface area contributed by atoms with Crippen molar-refractivity contribution in [2.45, 2.75) is 98.2 Å². The predicted octanol–water partition coefficient (Wildman–Crippen LogP) is 3.90. The molecule has 2 rings (SSSR count). The molecule has 1 heterocycles. The SMILES string of the molecule is C/C=C(\C)C(=O)O[C@H]1/C(C)=C/CC[C@@]2(C)O[C@H]2[C@@H](OC(C)=O)[C@@H](C(C)C)[C@@H]1OC(C)=O. The van der Waals surface area contributed by atoms with Gasteiger partial charge in [0.05, 0.1) is 5.60 Å². The number of rotatable bonds is 5. The molecule has 0 unspecified atom stereocenters. The summed E-state index contributed by atoms with van der Waals surface area (Å²) in [6.45, 7) is 13.9. The van der Waals surface area contributed by atoms with E-state index in [9.17, 15) is 14.4 Å². The van der Waals surface area contributed by atoms with Crippen molar-refractivity contribution in [1.29, 1.82) is 0 Å². The van der Waals surface area contributed by atoms with E-state index in [0.717, 1.165) is 12.0 Å². The Morgan fingerprint density at radius 3 is 2.19 bits per heavy atom. The minimum absolute atomic E-state index is 0.0570. The van der Waals surface area contributed by atoms with Crippen molar-refractivity contribution in [1.82, 2.24) is 0 Å². The molecule has 0 aromatic heterocycles. The summed E-state index contributed by atoms with van der Waals surface area (Å²) in [7, 11) is 0. The van der Waals surface area contributed by atoms with E-state index in [1.165, 1.54) is 13.8 Å².